The molecule has 6 aliphatic rings. The summed E-state index contributed by atoms with van der Waals surface area (Å²) in [7, 11) is 0. The highest BCUT2D eigenvalue weighted by Gasteiger charge is 2.58. The van der Waals surface area contributed by atoms with E-state index < -0.39 is 5.60 Å². The van der Waals surface area contributed by atoms with E-state index in [2.05, 4.69) is 89.2 Å². The molecule has 254 valence electrons. The zero-order chi connectivity index (χ0) is 32.6. The summed E-state index contributed by atoms with van der Waals surface area (Å²) in [6.07, 6.45) is 6.70. The van der Waals surface area contributed by atoms with Crippen molar-refractivity contribution in [3.05, 3.63) is 71.8 Å². The molecule has 5 heteroatoms. The van der Waals surface area contributed by atoms with Crippen LogP contribution in [0, 0.1) is 35.5 Å². The molecule has 10 atom stereocenters. The van der Waals surface area contributed by atoms with E-state index in [1.54, 1.807) is 6.92 Å². The van der Waals surface area contributed by atoms with E-state index in [0.717, 1.165) is 49.1 Å². The second kappa shape index (κ2) is 14.4. The molecule has 2 saturated carbocycles. The minimum Gasteiger partial charge on any atom is -0.444 e. The van der Waals surface area contributed by atoms with Gasteiger partial charge >= 0.3 is 6.09 Å². The number of rotatable bonds is 4. The van der Waals surface area contributed by atoms with Crippen LogP contribution in [-0.4, -0.2) is 63.7 Å². The number of benzene rings is 2. The minimum absolute atomic E-state index is 0. The quantitative estimate of drug-likeness (QED) is 0.338. The van der Waals surface area contributed by atoms with Crippen LogP contribution in [0.4, 0.5) is 4.79 Å². The van der Waals surface area contributed by atoms with Crippen molar-refractivity contribution in [1.29, 1.82) is 0 Å². The Labute approximate surface area is 282 Å². The van der Waals surface area contributed by atoms with Crippen molar-refractivity contribution in [3.63, 3.8) is 0 Å². The van der Waals surface area contributed by atoms with Gasteiger partial charge in [0, 0.05) is 45.7 Å². The molecule has 0 radical (unpaired) electrons. The molecule has 2 aromatic carbocycles. The first-order valence-electron chi connectivity index (χ1n) is 18.6. The van der Waals surface area contributed by atoms with E-state index in [1.807, 2.05) is 20.8 Å². The lowest BCUT2D eigenvalue weighted by atomic mass is 9.77. The van der Waals surface area contributed by atoms with E-state index in [4.69, 9.17) is 6.11 Å². The van der Waals surface area contributed by atoms with Crippen LogP contribution in [0.1, 0.15) is 100 Å². The highest BCUT2D eigenvalue weighted by atomic mass is 16.6. The van der Waals surface area contributed by atoms with Crippen molar-refractivity contribution in [1.82, 2.24) is 14.7 Å². The second-order valence-electron chi connectivity index (χ2n) is 16.0. The molecular formula is C41H63N3O2. The number of amides is 1. The van der Waals surface area contributed by atoms with Gasteiger partial charge in [0.15, 0.2) is 0 Å². The number of hydrogen-bond donors (Lipinski definition) is 0. The van der Waals surface area contributed by atoms with Crippen LogP contribution in [-0.2, 0) is 17.8 Å². The Balaban J connectivity index is 0.000000174. The fraction of sp³-hybridized carbons (Fsp3) is 0.683. The molecule has 2 aliphatic carbocycles. The second-order valence-corrected chi connectivity index (χ2v) is 16.0. The maximum Gasteiger partial charge on any atom is 0.410 e. The van der Waals surface area contributed by atoms with Gasteiger partial charge in [0.1, 0.15) is 5.60 Å². The molecule has 0 aromatic heterocycles. The number of carbonyl (C=O) groups is 1. The van der Waals surface area contributed by atoms with Crippen molar-refractivity contribution in [2.75, 3.05) is 13.1 Å². The van der Waals surface area contributed by atoms with Crippen molar-refractivity contribution in [3.8, 4) is 0 Å². The Bertz CT molecular complexity index is 1280. The van der Waals surface area contributed by atoms with E-state index in [1.165, 1.54) is 50.0 Å². The number of carbonyl (C=O) groups excluding carboxylic acids is 1. The summed E-state index contributed by atoms with van der Waals surface area (Å²) in [6, 6.07) is 23.7. The van der Waals surface area contributed by atoms with E-state index in [0.29, 0.717) is 36.9 Å². The average Bonchev–Trinajstić information content (AvgIpc) is 3.25. The van der Waals surface area contributed by atoms with Crippen molar-refractivity contribution in [2.45, 2.75) is 131 Å². The number of hydrogen-bond acceptors (Lipinski definition) is 4. The molecule has 0 spiro atoms. The third-order valence-electron chi connectivity index (χ3n) is 11.9. The number of likely N-dealkylation sites (tertiary alicyclic amines) is 2. The fourth-order valence-electron chi connectivity index (χ4n) is 10.5. The van der Waals surface area contributed by atoms with Gasteiger partial charge in [0.25, 0.3) is 0 Å². The van der Waals surface area contributed by atoms with E-state index >= 15 is 0 Å². The molecular weight excluding hydrogens is 566 g/mol. The molecule has 6 fully saturated rings. The van der Waals surface area contributed by atoms with Crippen molar-refractivity contribution >= 4 is 6.09 Å². The summed E-state index contributed by atoms with van der Waals surface area (Å²) >= 11 is 0. The van der Waals surface area contributed by atoms with Gasteiger partial charge in [0.05, 0.1) is 6.04 Å². The molecule has 0 N–H and O–H groups in total. The van der Waals surface area contributed by atoms with E-state index in [9.17, 15) is 4.79 Å². The Hall–Kier alpha value is -2.37. The SMILES string of the molecule is C.C[C@@H]1C2C3CC(CC1N3C(=O)OC(C)(C)C)CN2Cc1ccccc1.C[C@H]1C2CC3CC(C2)C1N(Cc1ccccc1)C3.[2H]CC. The van der Waals surface area contributed by atoms with Gasteiger partial charge in [-0.05, 0) is 99.5 Å². The van der Waals surface area contributed by atoms with Gasteiger partial charge in [0.2, 0.25) is 0 Å². The maximum absolute atomic E-state index is 12.8. The summed E-state index contributed by atoms with van der Waals surface area (Å²) in [4.78, 5) is 20.4. The minimum atomic E-state index is -0.431. The Kier molecular flexibility index (Phi) is 10.5. The fourth-order valence-corrected chi connectivity index (χ4v) is 10.5. The van der Waals surface area contributed by atoms with Crippen LogP contribution in [0.25, 0.3) is 0 Å². The first kappa shape index (κ1) is 33.5. The Morgan fingerprint density at radius 1 is 0.761 bits per heavy atom. The van der Waals surface area contributed by atoms with Crippen LogP contribution in [0.5, 0.6) is 0 Å². The van der Waals surface area contributed by atoms with Gasteiger partial charge in [-0.3, -0.25) is 9.80 Å². The standard InChI is InChI=1S/C21H30N2O2.C17H23N.C2H6.CH4/c1-14-17-10-16-11-18(23(17)20(24)25-21(2,3)4)19(14)22(13-16)12-15-8-6-5-7-9-15;1-12-15-7-14-8-16(9-15)17(12)18(11-14)10-13-5-3-2-4-6-13;1-2;/h5-9,14,16-19H,10-13H2,1-4H3;2-6,12,14-17H,7-11H2,1H3;1-2H3;1H4/t14-,16?,17?,18?,19?;12-,14?,15?,16?,17?;;/m00../s1/i;;1D;. The molecule has 1 amide bonds. The molecule has 4 heterocycles. The van der Waals surface area contributed by atoms with Gasteiger partial charge < -0.3 is 9.64 Å². The predicted molar refractivity (Wildman–Crippen MR) is 190 cm³/mol. The third kappa shape index (κ3) is 7.06. The first-order chi connectivity index (χ1) is 22.1. The Morgan fingerprint density at radius 3 is 1.83 bits per heavy atom. The van der Waals surface area contributed by atoms with Gasteiger partial charge in [-0.2, -0.15) is 0 Å². The molecule has 46 heavy (non-hydrogen) atoms. The molecule has 8 unspecified atom stereocenters. The molecule has 5 nitrogen and oxygen atoms in total. The molecule has 4 aliphatic heterocycles. The number of nitrogens with zero attached hydrogens (tertiary/aromatic N) is 3. The molecule has 4 saturated heterocycles. The van der Waals surface area contributed by atoms with Crippen LogP contribution < -0.4 is 0 Å². The smallest absolute Gasteiger partial charge is 0.410 e. The zero-order valence-corrected chi connectivity index (χ0v) is 28.8. The lowest BCUT2D eigenvalue weighted by molar-refractivity contribution is -0.0205. The first-order valence-corrected chi connectivity index (χ1v) is 17.9. The Morgan fingerprint density at radius 2 is 1.26 bits per heavy atom. The summed E-state index contributed by atoms with van der Waals surface area (Å²) < 4.78 is 11.9. The number of ether oxygens (including phenoxy) is 1. The summed E-state index contributed by atoms with van der Waals surface area (Å²) in [5, 5.41) is 0. The van der Waals surface area contributed by atoms with Crippen molar-refractivity contribution in [2.24, 2.45) is 35.5 Å². The topological polar surface area (TPSA) is 36.0 Å². The normalized spacial score (nSPS) is 35.7. The third-order valence-corrected chi connectivity index (χ3v) is 11.9. The average molecular weight is 631 g/mol. The summed E-state index contributed by atoms with van der Waals surface area (Å²) in [5.41, 5.74) is 2.43. The number of fused-ring (bicyclic) bond motifs is 4. The largest absolute Gasteiger partial charge is 0.444 e. The highest BCUT2D eigenvalue weighted by Crippen LogP contribution is 2.54. The number of piperidine rings is 3. The lowest BCUT2D eigenvalue weighted by Gasteiger charge is -2.47. The molecule has 2 aromatic rings. The van der Waals surface area contributed by atoms with Crippen LogP contribution in [0.15, 0.2) is 60.7 Å². The van der Waals surface area contributed by atoms with Gasteiger partial charge in [-0.25, -0.2) is 4.79 Å². The van der Waals surface area contributed by atoms with E-state index in [-0.39, 0.29) is 13.5 Å². The van der Waals surface area contributed by atoms with Crippen LogP contribution in [0.3, 0.4) is 0 Å². The maximum atomic E-state index is 12.8. The van der Waals surface area contributed by atoms with Gasteiger partial charge in [-0.1, -0.05) is 95.8 Å². The zero-order valence-electron chi connectivity index (χ0n) is 29.8. The molecule has 6 bridgehead atoms. The summed E-state index contributed by atoms with van der Waals surface area (Å²) in [5.74, 6) is 5.21. The lowest BCUT2D eigenvalue weighted by Crippen LogP contribution is -2.57. The van der Waals surface area contributed by atoms with Crippen molar-refractivity contribution < 1.29 is 10.9 Å². The highest BCUT2D eigenvalue weighted by molar-refractivity contribution is 5.70. The van der Waals surface area contributed by atoms with Crippen LogP contribution in [0.2, 0.25) is 0 Å². The monoisotopic (exact) mass is 630 g/mol. The summed E-state index contributed by atoms with van der Waals surface area (Å²) in [6.45, 7) is 17.7. The predicted octanol–water partition coefficient (Wildman–Crippen LogP) is 9.12. The van der Waals surface area contributed by atoms with Gasteiger partial charge in [-0.15, -0.1) is 0 Å². The molecule has 8 rings (SSSR count). The van der Waals surface area contributed by atoms with Crippen LogP contribution >= 0.6 is 0 Å².